The first-order chi connectivity index (χ1) is 9.32. The molecule has 1 atom stereocenters. The van der Waals surface area contributed by atoms with E-state index in [1.807, 2.05) is 45.0 Å². The fraction of sp³-hybridized carbons (Fsp3) is 0.600. The zero-order valence-electron chi connectivity index (χ0n) is 12.8. The van der Waals surface area contributed by atoms with E-state index in [0.717, 1.165) is 12.1 Å². The van der Waals surface area contributed by atoms with Crippen LogP contribution in [0.3, 0.4) is 0 Å². The highest BCUT2D eigenvalue weighted by molar-refractivity contribution is 5.78. The van der Waals surface area contributed by atoms with Crippen LogP contribution in [0.1, 0.15) is 31.9 Å². The van der Waals surface area contributed by atoms with Crippen molar-refractivity contribution < 1.29 is 4.79 Å². The van der Waals surface area contributed by atoms with Gasteiger partial charge in [-0.25, -0.2) is 0 Å². The van der Waals surface area contributed by atoms with Crippen molar-refractivity contribution in [3.63, 3.8) is 0 Å². The highest BCUT2D eigenvalue weighted by atomic mass is 16.2. The number of rotatable bonds is 7. The third-order valence-corrected chi connectivity index (χ3v) is 3.24. The van der Waals surface area contributed by atoms with Crippen molar-refractivity contribution >= 4 is 5.91 Å². The molecule has 1 amide bonds. The molecule has 20 heavy (non-hydrogen) atoms. The van der Waals surface area contributed by atoms with Gasteiger partial charge in [-0.05, 0) is 38.9 Å². The van der Waals surface area contributed by atoms with Crippen LogP contribution in [-0.2, 0) is 11.2 Å². The van der Waals surface area contributed by atoms with Crippen molar-refractivity contribution in [2.45, 2.75) is 32.7 Å². The van der Waals surface area contributed by atoms with Crippen molar-refractivity contribution in [1.29, 1.82) is 0 Å². The van der Waals surface area contributed by atoms with Crippen LogP contribution in [0.4, 0.5) is 0 Å². The van der Waals surface area contributed by atoms with Gasteiger partial charge < -0.3 is 15.2 Å². The first kappa shape index (κ1) is 16.4. The first-order valence-corrected chi connectivity index (χ1v) is 6.97. The number of hydrogen-bond donors (Lipinski definition) is 1. The average molecular weight is 279 g/mol. The number of hydrogen-bond acceptors (Lipinski definition) is 3. The molecular formula is C15H25N3O2. The van der Waals surface area contributed by atoms with Crippen LogP contribution in [0.2, 0.25) is 0 Å². The summed E-state index contributed by atoms with van der Waals surface area (Å²) in [7, 11) is 3.93. The Hall–Kier alpha value is -1.62. The minimum Gasteiger partial charge on any atom is -0.368 e. The van der Waals surface area contributed by atoms with Crippen LogP contribution < -0.4 is 11.3 Å². The average Bonchev–Trinajstić information content (AvgIpc) is 2.34. The molecule has 112 valence electrons. The number of pyridine rings is 1. The van der Waals surface area contributed by atoms with Crippen LogP contribution in [0, 0.1) is 5.92 Å². The van der Waals surface area contributed by atoms with Crippen LogP contribution in [0.25, 0.3) is 0 Å². The zero-order valence-corrected chi connectivity index (χ0v) is 12.8. The minimum absolute atomic E-state index is 0.112. The molecule has 0 radical (unpaired) electrons. The predicted octanol–water partition coefficient (Wildman–Crippen LogP) is 1.02. The van der Waals surface area contributed by atoms with Gasteiger partial charge in [-0.1, -0.05) is 19.9 Å². The van der Waals surface area contributed by atoms with E-state index >= 15 is 0 Å². The largest absolute Gasteiger partial charge is 0.368 e. The van der Waals surface area contributed by atoms with E-state index in [4.69, 9.17) is 5.73 Å². The van der Waals surface area contributed by atoms with Gasteiger partial charge in [0.2, 0.25) is 5.91 Å². The molecule has 5 heteroatoms. The SMILES string of the molecule is CC(C)CC(C(N)=O)n1cccc(CCN(C)C)c1=O. The van der Waals surface area contributed by atoms with Gasteiger partial charge in [0, 0.05) is 18.3 Å². The summed E-state index contributed by atoms with van der Waals surface area (Å²) in [5.74, 6) is -0.157. The van der Waals surface area contributed by atoms with Gasteiger partial charge in [-0.3, -0.25) is 9.59 Å². The Morgan fingerprint density at radius 3 is 2.55 bits per heavy atom. The highest BCUT2D eigenvalue weighted by Gasteiger charge is 2.20. The van der Waals surface area contributed by atoms with Gasteiger partial charge in [0.25, 0.3) is 5.56 Å². The summed E-state index contributed by atoms with van der Waals surface area (Å²) in [6.07, 6.45) is 2.89. The van der Waals surface area contributed by atoms with Crippen LogP contribution in [-0.4, -0.2) is 36.0 Å². The quantitative estimate of drug-likeness (QED) is 0.810. The van der Waals surface area contributed by atoms with Gasteiger partial charge in [0.05, 0.1) is 0 Å². The van der Waals surface area contributed by atoms with E-state index in [9.17, 15) is 9.59 Å². The summed E-state index contributed by atoms with van der Waals surface area (Å²) >= 11 is 0. The minimum atomic E-state index is -0.568. The van der Waals surface area contributed by atoms with Crippen molar-refractivity contribution in [1.82, 2.24) is 9.47 Å². The lowest BCUT2D eigenvalue weighted by Crippen LogP contribution is -2.36. The molecule has 0 bridgehead atoms. The summed E-state index contributed by atoms with van der Waals surface area (Å²) in [5, 5.41) is 0. The van der Waals surface area contributed by atoms with Gasteiger partial charge in [0.1, 0.15) is 6.04 Å². The molecule has 1 unspecified atom stereocenters. The summed E-state index contributed by atoms with van der Waals surface area (Å²) < 4.78 is 1.48. The third-order valence-electron chi connectivity index (χ3n) is 3.24. The Bertz CT molecular complexity index is 506. The van der Waals surface area contributed by atoms with E-state index in [1.54, 1.807) is 6.20 Å². The second-order valence-corrected chi connectivity index (χ2v) is 5.85. The number of nitrogens with zero attached hydrogens (tertiary/aromatic N) is 2. The molecule has 0 aliphatic carbocycles. The number of aromatic nitrogens is 1. The smallest absolute Gasteiger partial charge is 0.254 e. The molecule has 0 aromatic carbocycles. The normalized spacial score (nSPS) is 12.9. The fourth-order valence-corrected chi connectivity index (χ4v) is 2.15. The maximum atomic E-state index is 12.4. The molecule has 0 saturated heterocycles. The lowest BCUT2D eigenvalue weighted by Gasteiger charge is -2.19. The van der Waals surface area contributed by atoms with Crippen LogP contribution in [0.15, 0.2) is 23.1 Å². The molecule has 0 aliphatic heterocycles. The summed E-state index contributed by atoms with van der Waals surface area (Å²) in [6, 6.07) is 3.06. The van der Waals surface area contributed by atoms with Gasteiger partial charge >= 0.3 is 0 Å². The zero-order chi connectivity index (χ0) is 15.3. The molecule has 1 aromatic heterocycles. The summed E-state index contributed by atoms with van der Waals surface area (Å²) in [4.78, 5) is 26.1. The molecule has 1 heterocycles. The van der Waals surface area contributed by atoms with Gasteiger partial charge in [-0.2, -0.15) is 0 Å². The van der Waals surface area contributed by atoms with Crippen molar-refractivity contribution in [2.24, 2.45) is 11.7 Å². The van der Waals surface area contributed by atoms with E-state index in [-0.39, 0.29) is 5.56 Å². The standard InChI is InChI=1S/C15H25N3O2/c1-11(2)10-13(14(16)19)18-8-5-6-12(15(18)20)7-9-17(3)4/h5-6,8,11,13H,7,9-10H2,1-4H3,(H2,16,19). The molecular weight excluding hydrogens is 254 g/mol. The third kappa shape index (κ3) is 4.49. The maximum absolute atomic E-state index is 12.4. The highest BCUT2D eigenvalue weighted by Crippen LogP contribution is 2.15. The number of primary amides is 1. The Labute approximate surface area is 120 Å². The Morgan fingerprint density at radius 2 is 2.05 bits per heavy atom. The molecule has 2 N–H and O–H groups in total. The predicted molar refractivity (Wildman–Crippen MR) is 80.6 cm³/mol. The molecule has 0 fully saturated rings. The first-order valence-electron chi connectivity index (χ1n) is 6.97. The molecule has 5 nitrogen and oxygen atoms in total. The van der Waals surface area contributed by atoms with Gasteiger partial charge in [0.15, 0.2) is 0 Å². The van der Waals surface area contributed by atoms with E-state index in [1.165, 1.54) is 4.57 Å². The van der Waals surface area contributed by atoms with Crippen LogP contribution >= 0.6 is 0 Å². The van der Waals surface area contributed by atoms with Crippen molar-refractivity contribution in [3.05, 3.63) is 34.2 Å². The number of likely N-dealkylation sites (N-methyl/N-ethyl adjacent to an activating group) is 1. The lowest BCUT2D eigenvalue weighted by molar-refractivity contribution is -0.121. The summed E-state index contributed by atoms with van der Waals surface area (Å²) in [5.41, 5.74) is 6.06. The molecule has 1 aromatic rings. The van der Waals surface area contributed by atoms with E-state index in [0.29, 0.717) is 18.8 Å². The van der Waals surface area contributed by atoms with E-state index in [2.05, 4.69) is 0 Å². The fourth-order valence-electron chi connectivity index (χ4n) is 2.15. The number of nitrogens with two attached hydrogens (primary N) is 1. The molecule has 0 aliphatic rings. The van der Waals surface area contributed by atoms with Crippen LogP contribution in [0.5, 0.6) is 0 Å². The van der Waals surface area contributed by atoms with Gasteiger partial charge in [-0.15, -0.1) is 0 Å². The molecule has 0 spiro atoms. The van der Waals surface area contributed by atoms with Crippen molar-refractivity contribution in [3.8, 4) is 0 Å². The monoisotopic (exact) mass is 279 g/mol. The van der Waals surface area contributed by atoms with Crippen molar-refractivity contribution in [2.75, 3.05) is 20.6 Å². The number of carbonyl (C=O) groups is 1. The molecule has 0 saturated carbocycles. The number of carbonyl (C=O) groups excluding carboxylic acids is 1. The van der Waals surface area contributed by atoms with E-state index < -0.39 is 11.9 Å². The summed E-state index contributed by atoms with van der Waals surface area (Å²) in [6.45, 7) is 4.82. The topological polar surface area (TPSA) is 68.3 Å². The maximum Gasteiger partial charge on any atom is 0.254 e. The lowest BCUT2D eigenvalue weighted by atomic mass is 10.0. The Kier molecular flexibility index (Phi) is 5.95. The second kappa shape index (κ2) is 7.24. The Morgan fingerprint density at radius 1 is 1.40 bits per heavy atom. The Balaban J connectivity index is 3.07. The number of amides is 1. The molecule has 1 rings (SSSR count). The second-order valence-electron chi connectivity index (χ2n) is 5.85.